The van der Waals surface area contributed by atoms with Gasteiger partial charge >= 0.3 is 0 Å². The first kappa shape index (κ1) is 16.7. The van der Waals surface area contributed by atoms with Crippen molar-refractivity contribution in [3.63, 3.8) is 0 Å². The average Bonchev–Trinajstić information content (AvgIpc) is 3.10. The number of carbonyl (C=O) groups excluding carboxylic acids is 1. The van der Waals surface area contributed by atoms with Gasteiger partial charge in [-0.2, -0.15) is 5.10 Å². The number of benzene rings is 3. The molecule has 138 valence electrons. The maximum atomic E-state index is 12.5. The molecule has 0 spiro atoms. The van der Waals surface area contributed by atoms with Gasteiger partial charge in [-0.1, -0.05) is 66.7 Å². The van der Waals surface area contributed by atoms with E-state index in [2.05, 4.69) is 5.32 Å². The van der Waals surface area contributed by atoms with Crippen LogP contribution >= 0.6 is 0 Å². The molecule has 3 aromatic carbocycles. The standard InChI is InChI=1S/C23H19N3O2/c27-20(24-13-15-7-2-1-3-8-15)14-26-19-12-6-11-18-21(19)22(25-26)16-9-4-5-10-17(16)23(18)28/h1-12,23,28H,13-14H2,(H,24,27)/t23-/m0/s1. The zero-order chi connectivity index (χ0) is 19.1. The van der Waals surface area contributed by atoms with Crippen molar-refractivity contribution in [2.45, 2.75) is 19.2 Å². The minimum absolute atomic E-state index is 0.0988. The molecule has 0 aliphatic heterocycles. The van der Waals surface area contributed by atoms with Crippen LogP contribution in [0.2, 0.25) is 0 Å². The summed E-state index contributed by atoms with van der Waals surface area (Å²) in [7, 11) is 0. The first-order chi connectivity index (χ1) is 13.7. The van der Waals surface area contributed by atoms with Gasteiger partial charge in [0.1, 0.15) is 18.3 Å². The Balaban J connectivity index is 1.49. The molecule has 1 aromatic heterocycles. The lowest BCUT2D eigenvalue weighted by molar-refractivity contribution is -0.121. The number of hydrogen-bond donors (Lipinski definition) is 2. The smallest absolute Gasteiger partial charge is 0.242 e. The summed E-state index contributed by atoms with van der Waals surface area (Å²) in [6.07, 6.45) is -0.683. The molecule has 1 heterocycles. The number of hydrogen-bond acceptors (Lipinski definition) is 3. The van der Waals surface area contributed by atoms with E-state index in [1.807, 2.05) is 72.8 Å². The third kappa shape index (κ3) is 2.68. The van der Waals surface area contributed by atoms with E-state index in [4.69, 9.17) is 5.10 Å². The predicted octanol–water partition coefficient (Wildman–Crippen LogP) is 3.41. The summed E-state index contributed by atoms with van der Waals surface area (Å²) in [5, 5.41) is 19.4. The molecule has 1 amide bonds. The number of aliphatic hydroxyl groups excluding tert-OH is 1. The van der Waals surface area contributed by atoms with E-state index >= 15 is 0 Å². The van der Waals surface area contributed by atoms with E-state index in [0.29, 0.717) is 6.54 Å². The van der Waals surface area contributed by atoms with Crippen molar-refractivity contribution in [2.75, 3.05) is 0 Å². The monoisotopic (exact) mass is 369 g/mol. The van der Waals surface area contributed by atoms with Crippen LogP contribution in [0, 0.1) is 0 Å². The second-order valence-corrected chi connectivity index (χ2v) is 7.00. The van der Waals surface area contributed by atoms with Gasteiger partial charge in [-0.05, 0) is 22.8 Å². The summed E-state index contributed by atoms with van der Waals surface area (Å²) in [5.74, 6) is -0.0988. The summed E-state index contributed by atoms with van der Waals surface area (Å²) in [4.78, 5) is 12.5. The molecule has 1 atom stereocenters. The molecule has 0 fully saturated rings. The van der Waals surface area contributed by atoms with Crippen molar-refractivity contribution >= 4 is 16.8 Å². The SMILES string of the molecule is O=C(Cn1nc2c3c(cccc31)[C@@H](O)c1ccccc1-2)NCc1ccccc1. The Morgan fingerprint density at radius 1 is 0.964 bits per heavy atom. The highest BCUT2D eigenvalue weighted by Crippen LogP contribution is 2.43. The number of amides is 1. The highest BCUT2D eigenvalue weighted by molar-refractivity contribution is 6.00. The zero-order valence-electron chi connectivity index (χ0n) is 15.2. The van der Waals surface area contributed by atoms with E-state index in [1.165, 1.54) is 0 Å². The second kappa shape index (κ2) is 6.62. The van der Waals surface area contributed by atoms with Gasteiger partial charge in [-0.15, -0.1) is 0 Å². The van der Waals surface area contributed by atoms with Crippen molar-refractivity contribution < 1.29 is 9.90 Å². The highest BCUT2D eigenvalue weighted by atomic mass is 16.3. The minimum Gasteiger partial charge on any atom is -0.384 e. The van der Waals surface area contributed by atoms with Gasteiger partial charge in [0.15, 0.2) is 0 Å². The third-order valence-corrected chi connectivity index (χ3v) is 5.24. The van der Waals surface area contributed by atoms with Crippen LogP contribution < -0.4 is 5.32 Å². The van der Waals surface area contributed by atoms with E-state index in [0.717, 1.165) is 38.9 Å². The molecule has 0 bridgehead atoms. The summed E-state index contributed by atoms with van der Waals surface area (Å²) in [6.45, 7) is 0.615. The van der Waals surface area contributed by atoms with Crippen LogP contribution in [0.25, 0.3) is 22.2 Å². The lowest BCUT2D eigenvalue weighted by Gasteiger charge is -2.21. The molecule has 28 heavy (non-hydrogen) atoms. The van der Waals surface area contributed by atoms with Crippen LogP contribution in [-0.4, -0.2) is 20.8 Å². The van der Waals surface area contributed by atoms with E-state index in [-0.39, 0.29) is 12.5 Å². The first-order valence-electron chi connectivity index (χ1n) is 9.30. The molecular formula is C23H19N3O2. The van der Waals surface area contributed by atoms with Crippen molar-refractivity contribution in [1.29, 1.82) is 0 Å². The van der Waals surface area contributed by atoms with E-state index in [1.54, 1.807) is 4.68 Å². The van der Waals surface area contributed by atoms with Crippen LogP contribution in [0.5, 0.6) is 0 Å². The average molecular weight is 369 g/mol. The van der Waals surface area contributed by atoms with Crippen molar-refractivity contribution in [2.24, 2.45) is 0 Å². The number of rotatable bonds is 4. The normalized spacial score (nSPS) is 14.7. The van der Waals surface area contributed by atoms with Crippen LogP contribution in [0.1, 0.15) is 22.8 Å². The number of aliphatic hydroxyl groups is 1. The van der Waals surface area contributed by atoms with Crippen molar-refractivity contribution in [3.8, 4) is 11.3 Å². The largest absolute Gasteiger partial charge is 0.384 e. The number of carbonyl (C=O) groups is 1. The van der Waals surface area contributed by atoms with Gasteiger partial charge in [0, 0.05) is 17.5 Å². The Morgan fingerprint density at radius 2 is 1.71 bits per heavy atom. The quantitative estimate of drug-likeness (QED) is 0.579. The fraction of sp³-hybridized carbons (Fsp3) is 0.130. The lowest BCUT2D eigenvalue weighted by Crippen LogP contribution is -2.27. The number of nitrogens with zero attached hydrogens (tertiary/aromatic N) is 2. The van der Waals surface area contributed by atoms with E-state index in [9.17, 15) is 9.90 Å². The molecule has 2 N–H and O–H groups in total. The highest BCUT2D eigenvalue weighted by Gasteiger charge is 2.28. The van der Waals surface area contributed by atoms with Gasteiger partial charge < -0.3 is 10.4 Å². The van der Waals surface area contributed by atoms with Gasteiger partial charge in [0.25, 0.3) is 0 Å². The molecule has 0 unspecified atom stereocenters. The minimum atomic E-state index is -0.683. The fourth-order valence-electron chi connectivity index (χ4n) is 3.90. The Bertz CT molecular complexity index is 1180. The molecule has 5 heteroatoms. The predicted molar refractivity (Wildman–Crippen MR) is 108 cm³/mol. The summed E-state index contributed by atoms with van der Waals surface area (Å²) >= 11 is 0. The van der Waals surface area contributed by atoms with Crippen LogP contribution in [0.15, 0.2) is 72.8 Å². The fourth-order valence-corrected chi connectivity index (χ4v) is 3.90. The number of aromatic nitrogens is 2. The van der Waals surface area contributed by atoms with Crippen LogP contribution in [-0.2, 0) is 17.9 Å². The molecule has 1 aliphatic carbocycles. The van der Waals surface area contributed by atoms with Crippen LogP contribution in [0.3, 0.4) is 0 Å². The molecular weight excluding hydrogens is 350 g/mol. The second-order valence-electron chi connectivity index (χ2n) is 7.00. The summed E-state index contributed by atoms with van der Waals surface area (Å²) < 4.78 is 1.73. The Hall–Kier alpha value is -3.44. The van der Waals surface area contributed by atoms with Gasteiger partial charge in [0.2, 0.25) is 5.91 Å². The van der Waals surface area contributed by atoms with Crippen molar-refractivity contribution in [1.82, 2.24) is 15.1 Å². The van der Waals surface area contributed by atoms with Gasteiger partial charge in [-0.25, -0.2) is 0 Å². The van der Waals surface area contributed by atoms with Gasteiger partial charge in [-0.3, -0.25) is 9.48 Å². The maximum absolute atomic E-state index is 12.5. The molecule has 0 saturated carbocycles. The lowest BCUT2D eigenvalue weighted by atomic mass is 9.86. The molecule has 0 radical (unpaired) electrons. The maximum Gasteiger partial charge on any atom is 0.242 e. The third-order valence-electron chi connectivity index (χ3n) is 5.24. The first-order valence-corrected chi connectivity index (χ1v) is 9.30. The zero-order valence-corrected chi connectivity index (χ0v) is 15.2. The molecule has 4 aromatic rings. The van der Waals surface area contributed by atoms with Crippen LogP contribution in [0.4, 0.5) is 0 Å². The number of fused-ring (bicyclic) bond motifs is 2. The van der Waals surface area contributed by atoms with E-state index < -0.39 is 6.10 Å². The summed E-state index contributed by atoms with van der Waals surface area (Å²) in [6, 6.07) is 23.3. The Labute approximate surface area is 162 Å². The summed E-state index contributed by atoms with van der Waals surface area (Å²) in [5.41, 5.74) is 5.34. The number of nitrogens with one attached hydrogen (secondary N) is 1. The van der Waals surface area contributed by atoms with Gasteiger partial charge in [0.05, 0.1) is 5.52 Å². The molecule has 1 aliphatic rings. The van der Waals surface area contributed by atoms with Crippen molar-refractivity contribution in [3.05, 3.63) is 89.5 Å². The molecule has 0 saturated heterocycles. The Morgan fingerprint density at radius 3 is 2.57 bits per heavy atom. The topological polar surface area (TPSA) is 67.2 Å². The molecule has 5 rings (SSSR count). The Kier molecular flexibility index (Phi) is 3.95. The molecule has 5 nitrogen and oxygen atoms in total.